The normalized spacial score (nSPS) is 15.0. The van der Waals surface area contributed by atoms with Gasteiger partial charge in [-0.2, -0.15) is 0 Å². The summed E-state index contributed by atoms with van der Waals surface area (Å²) >= 11 is 4.68. The number of hydrogen-bond donors (Lipinski definition) is 2. The van der Waals surface area contributed by atoms with E-state index in [1.54, 1.807) is 31.1 Å². The van der Waals surface area contributed by atoms with Gasteiger partial charge in [0, 0.05) is 30.1 Å². The Morgan fingerprint density at radius 2 is 1.66 bits per heavy atom. The number of likely N-dealkylation sites (N-methyl/N-ethyl adjacent to an activating group) is 1. The van der Waals surface area contributed by atoms with Gasteiger partial charge in [-0.15, -0.1) is 12.6 Å². The van der Waals surface area contributed by atoms with Crippen LogP contribution in [0.2, 0.25) is 0 Å². The molecule has 0 bridgehead atoms. The number of carbonyl (C=O) groups excluding carboxylic acids is 1. The number of hydrogen-bond acceptors (Lipinski definition) is 3. The zero-order valence-corrected chi connectivity index (χ0v) is 26.0. The van der Waals surface area contributed by atoms with E-state index >= 15 is 0 Å². The number of aromatic nitrogens is 1. The van der Waals surface area contributed by atoms with Crippen LogP contribution in [-0.2, 0) is 11.3 Å². The van der Waals surface area contributed by atoms with Gasteiger partial charge in [-0.3, -0.25) is 4.79 Å². The summed E-state index contributed by atoms with van der Waals surface area (Å²) in [6.07, 6.45) is 15.0. The third-order valence-electron chi connectivity index (χ3n) is 7.53. The summed E-state index contributed by atoms with van der Waals surface area (Å²) < 4.78 is 2.03. The summed E-state index contributed by atoms with van der Waals surface area (Å²) in [7, 11) is 3.50. The number of fused-ring (bicyclic) bond motifs is 1. The van der Waals surface area contributed by atoms with Gasteiger partial charge >= 0.3 is 5.97 Å². The Balaban J connectivity index is 0.00000226. The maximum absolute atomic E-state index is 13.0. The SMILES string of the molecule is CC.C\C(=C/C=C(S)/C=C\c1ccccc1)c1c(C2CCCCCC2)c2ccc(C(=O)O)cc2n1CC(=O)N(C)C. The molecule has 1 N–H and O–H groups in total. The van der Waals surface area contributed by atoms with E-state index in [-0.39, 0.29) is 18.0 Å². The molecule has 4 rings (SSSR count). The molecule has 0 saturated heterocycles. The van der Waals surface area contributed by atoms with Crippen LogP contribution >= 0.6 is 12.6 Å². The molecule has 1 aliphatic rings. The second-order valence-corrected chi connectivity index (χ2v) is 11.1. The summed E-state index contributed by atoms with van der Waals surface area (Å²) in [5.41, 5.74) is 5.39. The zero-order valence-electron chi connectivity index (χ0n) is 25.1. The van der Waals surface area contributed by atoms with Gasteiger partial charge in [-0.1, -0.05) is 88.1 Å². The van der Waals surface area contributed by atoms with Crippen molar-refractivity contribution in [2.45, 2.75) is 71.8 Å². The summed E-state index contributed by atoms with van der Waals surface area (Å²) in [5.74, 6) is -0.649. The van der Waals surface area contributed by atoms with Crippen molar-refractivity contribution < 1.29 is 14.7 Å². The third-order valence-corrected chi connectivity index (χ3v) is 7.83. The molecule has 1 saturated carbocycles. The zero-order chi connectivity index (χ0) is 29.9. The molecule has 1 amide bonds. The van der Waals surface area contributed by atoms with Crippen LogP contribution in [0.15, 0.2) is 71.7 Å². The Morgan fingerprint density at radius 1 is 1.00 bits per heavy atom. The van der Waals surface area contributed by atoms with Crippen LogP contribution in [0.3, 0.4) is 0 Å². The Morgan fingerprint density at radius 3 is 2.27 bits per heavy atom. The first kappa shape index (κ1) is 32.0. The molecule has 0 atom stereocenters. The van der Waals surface area contributed by atoms with E-state index in [1.807, 2.05) is 73.0 Å². The van der Waals surface area contributed by atoms with Crippen molar-refractivity contribution >= 4 is 47.1 Å². The molecule has 3 aromatic rings. The first-order chi connectivity index (χ1) is 19.8. The highest BCUT2D eigenvalue weighted by Crippen LogP contribution is 2.42. The molecule has 0 unspecified atom stereocenters. The minimum absolute atomic E-state index is 0.0367. The van der Waals surface area contributed by atoms with Gasteiger partial charge in [0.15, 0.2) is 0 Å². The molecule has 0 aliphatic heterocycles. The van der Waals surface area contributed by atoms with Crippen molar-refractivity contribution in [1.82, 2.24) is 9.47 Å². The summed E-state index contributed by atoms with van der Waals surface area (Å²) in [5, 5.41) is 10.8. The molecule has 1 aliphatic carbocycles. The number of nitrogens with zero attached hydrogens (tertiary/aromatic N) is 2. The van der Waals surface area contributed by atoms with E-state index in [2.05, 4.69) is 25.6 Å². The quantitative estimate of drug-likeness (QED) is 0.161. The Labute approximate surface area is 250 Å². The maximum atomic E-state index is 13.0. The van der Waals surface area contributed by atoms with E-state index in [0.717, 1.165) is 45.5 Å². The van der Waals surface area contributed by atoms with E-state index in [1.165, 1.54) is 31.2 Å². The number of aromatic carboxylic acids is 1. The highest BCUT2D eigenvalue weighted by Gasteiger charge is 2.27. The first-order valence-corrected chi connectivity index (χ1v) is 15.1. The molecule has 2 aromatic carbocycles. The highest BCUT2D eigenvalue weighted by molar-refractivity contribution is 7.84. The molecule has 0 radical (unpaired) electrons. The smallest absolute Gasteiger partial charge is 0.335 e. The summed E-state index contributed by atoms with van der Waals surface area (Å²) in [6, 6.07) is 15.4. The van der Waals surface area contributed by atoms with Crippen molar-refractivity contribution in [3.63, 3.8) is 0 Å². The Hall–Kier alpha value is -3.51. The van der Waals surface area contributed by atoms with Crippen molar-refractivity contribution in [2.75, 3.05) is 14.1 Å². The Bertz CT molecular complexity index is 1420. The lowest BCUT2D eigenvalue weighted by Crippen LogP contribution is -2.27. The number of carboxylic acids is 1. The maximum Gasteiger partial charge on any atom is 0.335 e. The third kappa shape index (κ3) is 8.26. The number of allylic oxidation sites excluding steroid dienone is 4. The molecular formula is C35H44N2O3S. The lowest BCUT2D eigenvalue weighted by atomic mass is 9.87. The molecule has 1 aromatic heterocycles. The fourth-order valence-electron chi connectivity index (χ4n) is 5.45. The van der Waals surface area contributed by atoms with Gasteiger partial charge in [0.1, 0.15) is 6.54 Å². The van der Waals surface area contributed by atoms with Crippen molar-refractivity contribution in [3.8, 4) is 0 Å². The van der Waals surface area contributed by atoms with Crippen LogP contribution in [0.25, 0.3) is 22.6 Å². The van der Waals surface area contributed by atoms with Crippen molar-refractivity contribution in [1.29, 1.82) is 0 Å². The molecule has 1 heterocycles. The molecular weight excluding hydrogens is 528 g/mol. The number of rotatable bonds is 8. The number of carbonyl (C=O) groups is 2. The summed E-state index contributed by atoms with van der Waals surface area (Å²) in [4.78, 5) is 27.3. The first-order valence-electron chi connectivity index (χ1n) is 14.7. The molecule has 1 fully saturated rings. The van der Waals surface area contributed by atoms with Gasteiger partial charge in [0.25, 0.3) is 0 Å². The highest BCUT2D eigenvalue weighted by atomic mass is 32.1. The monoisotopic (exact) mass is 572 g/mol. The van der Waals surface area contributed by atoms with E-state index < -0.39 is 5.97 Å². The molecule has 5 nitrogen and oxygen atoms in total. The predicted molar refractivity (Wildman–Crippen MR) is 176 cm³/mol. The average molecular weight is 573 g/mol. The van der Waals surface area contributed by atoms with Crippen LogP contribution in [0, 0.1) is 0 Å². The number of benzene rings is 2. The fourth-order valence-corrected chi connectivity index (χ4v) is 5.60. The average Bonchev–Trinajstić information content (AvgIpc) is 3.10. The second-order valence-electron chi connectivity index (χ2n) is 10.5. The standard InChI is InChI=1S/C33H38N2O3S.C2H6/c1-23(15-18-27(39)19-16-24-11-7-6-8-12-24)32-31(25-13-9-4-5-10-14-25)28-20-17-26(33(37)38)21-29(28)35(32)22-30(36)34(2)3;1-2/h6-8,11-12,15-21,25,39H,4-5,9-10,13-14,22H2,1-3H3,(H,37,38);1-2H3/b19-16-,23-15+,27-18-;. The molecule has 41 heavy (non-hydrogen) atoms. The Kier molecular flexibility index (Phi) is 12.1. The van der Waals surface area contributed by atoms with Gasteiger partial charge in [-0.05, 0) is 66.7 Å². The number of carboxylic acid groups (broad SMARTS) is 1. The van der Waals surface area contributed by atoms with E-state index in [0.29, 0.717) is 5.92 Å². The minimum atomic E-state index is -0.971. The molecule has 6 heteroatoms. The van der Waals surface area contributed by atoms with E-state index in [4.69, 9.17) is 0 Å². The van der Waals surface area contributed by atoms with Crippen molar-refractivity contribution in [2.24, 2.45) is 0 Å². The number of thiol groups is 1. The number of amides is 1. The topological polar surface area (TPSA) is 62.5 Å². The van der Waals surface area contributed by atoms with Crippen LogP contribution in [-0.4, -0.2) is 40.5 Å². The second kappa shape index (κ2) is 15.5. The van der Waals surface area contributed by atoms with Gasteiger partial charge in [-0.25, -0.2) is 4.79 Å². The molecule has 218 valence electrons. The van der Waals surface area contributed by atoms with Crippen LogP contribution in [0.4, 0.5) is 0 Å². The summed E-state index contributed by atoms with van der Waals surface area (Å²) in [6.45, 7) is 6.22. The largest absolute Gasteiger partial charge is 0.478 e. The van der Waals surface area contributed by atoms with Crippen molar-refractivity contribution in [3.05, 3.63) is 94.0 Å². The predicted octanol–water partition coefficient (Wildman–Crippen LogP) is 8.82. The van der Waals surface area contributed by atoms with Gasteiger partial charge < -0.3 is 14.6 Å². The van der Waals surface area contributed by atoms with Gasteiger partial charge in [0.05, 0.1) is 11.1 Å². The van der Waals surface area contributed by atoms with Gasteiger partial charge in [0.2, 0.25) is 5.91 Å². The van der Waals surface area contributed by atoms with Crippen LogP contribution in [0.1, 0.15) is 92.4 Å². The van der Waals surface area contributed by atoms with E-state index in [9.17, 15) is 14.7 Å². The van der Waals surface area contributed by atoms with Crippen LogP contribution < -0.4 is 0 Å². The fraction of sp³-hybridized carbons (Fsp3) is 0.371. The minimum Gasteiger partial charge on any atom is -0.478 e. The van der Waals surface area contributed by atoms with Crippen LogP contribution in [0.5, 0.6) is 0 Å². The lowest BCUT2D eigenvalue weighted by Gasteiger charge is -2.19. The molecule has 0 spiro atoms. The lowest BCUT2D eigenvalue weighted by molar-refractivity contribution is -0.129.